The number of imide groups is 1. The Balaban J connectivity index is 2.24. The fraction of sp³-hybridized carbons (Fsp3) is 0.800. The summed E-state index contributed by atoms with van der Waals surface area (Å²) in [5.41, 5.74) is -1.32. The van der Waals surface area contributed by atoms with Gasteiger partial charge in [-0.15, -0.1) is 0 Å². The zero-order valence-electron chi connectivity index (χ0n) is 12.8. The van der Waals surface area contributed by atoms with E-state index >= 15 is 0 Å². The fourth-order valence-electron chi connectivity index (χ4n) is 3.44. The first-order valence-electron chi connectivity index (χ1n) is 7.43. The summed E-state index contributed by atoms with van der Waals surface area (Å²) in [5.74, 6) is -2.88. The van der Waals surface area contributed by atoms with Gasteiger partial charge in [-0.05, 0) is 33.6 Å². The van der Waals surface area contributed by atoms with Crippen LogP contribution in [0.3, 0.4) is 0 Å². The van der Waals surface area contributed by atoms with Crippen LogP contribution >= 0.6 is 0 Å². The van der Waals surface area contributed by atoms with Gasteiger partial charge in [-0.3, -0.25) is 9.59 Å². The Morgan fingerprint density at radius 1 is 1.24 bits per heavy atom. The van der Waals surface area contributed by atoms with E-state index < -0.39 is 34.9 Å². The smallest absolute Gasteiger partial charge is 0.417 e. The SMILES string of the molecule is CC(C)(C)OC(=O)N1CC2(CCCCC2)C(C(=O)O)C1=O. The highest BCUT2D eigenvalue weighted by Crippen LogP contribution is 2.48. The fourth-order valence-corrected chi connectivity index (χ4v) is 3.44. The van der Waals surface area contributed by atoms with Crippen LogP contribution in [0.2, 0.25) is 0 Å². The number of aliphatic carboxylic acids is 1. The third kappa shape index (κ3) is 3.04. The number of rotatable bonds is 1. The molecule has 0 radical (unpaired) electrons. The summed E-state index contributed by atoms with van der Waals surface area (Å²) in [6.07, 6.45) is 3.47. The van der Waals surface area contributed by atoms with Crippen molar-refractivity contribution >= 4 is 18.0 Å². The van der Waals surface area contributed by atoms with E-state index in [1.807, 2.05) is 0 Å². The van der Waals surface area contributed by atoms with E-state index in [-0.39, 0.29) is 6.54 Å². The molecule has 0 aromatic carbocycles. The second-order valence-corrected chi connectivity index (χ2v) is 7.10. The maximum absolute atomic E-state index is 12.4. The molecule has 6 heteroatoms. The number of carbonyl (C=O) groups is 3. The number of carbonyl (C=O) groups excluding carboxylic acids is 2. The summed E-state index contributed by atoms with van der Waals surface area (Å²) in [7, 11) is 0. The van der Waals surface area contributed by atoms with E-state index in [0.717, 1.165) is 24.2 Å². The molecule has 2 aliphatic rings. The summed E-state index contributed by atoms with van der Waals surface area (Å²) in [6.45, 7) is 5.32. The number of likely N-dealkylation sites (tertiary alicyclic amines) is 1. The molecule has 2 amide bonds. The summed E-state index contributed by atoms with van der Waals surface area (Å²) in [4.78, 5) is 37.1. The van der Waals surface area contributed by atoms with Crippen molar-refractivity contribution in [3.05, 3.63) is 0 Å². The Bertz CT molecular complexity index is 459. The maximum atomic E-state index is 12.4. The summed E-state index contributed by atoms with van der Waals surface area (Å²) < 4.78 is 5.23. The molecule has 0 aromatic heterocycles. The van der Waals surface area contributed by atoms with Gasteiger partial charge in [0.2, 0.25) is 5.91 Å². The molecule has 21 heavy (non-hydrogen) atoms. The van der Waals surface area contributed by atoms with E-state index in [2.05, 4.69) is 0 Å². The zero-order chi connectivity index (χ0) is 15.8. The van der Waals surface area contributed by atoms with Crippen molar-refractivity contribution in [3.63, 3.8) is 0 Å². The molecule has 1 heterocycles. The van der Waals surface area contributed by atoms with Crippen molar-refractivity contribution in [2.24, 2.45) is 11.3 Å². The average molecular weight is 297 g/mol. The molecule has 1 spiro atoms. The maximum Gasteiger partial charge on any atom is 0.417 e. The van der Waals surface area contributed by atoms with E-state index in [4.69, 9.17) is 4.74 Å². The molecule has 0 aromatic rings. The van der Waals surface area contributed by atoms with Crippen molar-refractivity contribution in [1.82, 2.24) is 4.90 Å². The molecule has 118 valence electrons. The number of carboxylic acid groups (broad SMARTS) is 1. The minimum absolute atomic E-state index is 0.164. The molecule has 0 bridgehead atoms. The standard InChI is InChI=1S/C15H23NO5/c1-14(2,3)21-13(20)16-9-15(7-5-4-6-8-15)10(11(16)17)12(18)19/h10H,4-9H2,1-3H3,(H,18,19). The van der Waals surface area contributed by atoms with Crippen LogP contribution < -0.4 is 0 Å². The molecule has 1 saturated carbocycles. The van der Waals surface area contributed by atoms with Crippen LogP contribution in [0.4, 0.5) is 4.79 Å². The summed E-state index contributed by atoms with van der Waals surface area (Å²) in [5, 5.41) is 9.43. The average Bonchev–Trinajstić information content (AvgIpc) is 2.61. The van der Waals surface area contributed by atoms with Gasteiger partial charge in [0.05, 0.1) is 0 Å². The Morgan fingerprint density at radius 2 is 1.81 bits per heavy atom. The predicted octanol–water partition coefficient (Wildman–Crippen LogP) is 2.42. The number of nitrogens with zero attached hydrogens (tertiary/aromatic N) is 1. The second-order valence-electron chi connectivity index (χ2n) is 7.10. The van der Waals surface area contributed by atoms with Crippen molar-refractivity contribution in [2.75, 3.05) is 6.54 Å². The second kappa shape index (κ2) is 5.31. The first-order valence-corrected chi connectivity index (χ1v) is 7.43. The predicted molar refractivity (Wildman–Crippen MR) is 74.6 cm³/mol. The van der Waals surface area contributed by atoms with Crippen LogP contribution in [0, 0.1) is 11.3 Å². The zero-order valence-corrected chi connectivity index (χ0v) is 12.8. The van der Waals surface area contributed by atoms with E-state index in [0.29, 0.717) is 12.8 Å². The lowest BCUT2D eigenvalue weighted by atomic mass is 9.67. The number of ether oxygens (including phenoxy) is 1. The lowest BCUT2D eigenvalue weighted by molar-refractivity contribution is -0.151. The third-order valence-electron chi connectivity index (χ3n) is 4.31. The van der Waals surface area contributed by atoms with Gasteiger partial charge in [-0.25, -0.2) is 9.69 Å². The van der Waals surface area contributed by atoms with Crippen molar-refractivity contribution in [1.29, 1.82) is 0 Å². The topological polar surface area (TPSA) is 83.9 Å². The largest absolute Gasteiger partial charge is 0.481 e. The monoisotopic (exact) mass is 297 g/mol. The molecule has 1 aliphatic carbocycles. The Labute approximate surface area is 124 Å². The van der Waals surface area contributed by atoms with Crippen LogP contribution in [0.25, 0.3) is 0 Å². The van der Waals surface area contributed by atoms with Crippen molar-refractivity contribution in [2.45, 2.75) is 58.5 Å². The van der Waals surface area contributed by atoms with Gasteiger partial charge in [0.25, 0.3) is 0 Å². The minimum atomic E-state index is -1.13. The van der Waals surface area contributed by atoms with Crippen molar-refractivity contribution in [3.8, 4) is 0 Å². The van der Waals surface area contributed by atoms with Gasteiger partial charge in [0.15, 0.2) is 0 Å². The number of hydrogen-bond donors (Lipinski definition) is 1. The molecule has 1 unspecified atom stereocenters. The van der Waals surface area contributed by atoms with Crippen LogP contribution in [-0.4, -0.2) is 40.1 Å². The Morgan fingerprint density at radius 3 is 2.29 bits per heavy atom. The minimum Gasteiger partial charge on any atom is -0.481 e. The number of hydrogen-bond acceptors (Lipinski definition) is 4. The Hall–Kier alpha value is -1.59. The molecule has 1 atom stereocenters. The highest BCUT2D eigenvalue weighted by molar-refractivity contribution is 6.06. The summed E-state index contributed by atoms with van der Waals surface area (Å²) >= 11 is 0. The number of amides is 2. The first kappa shape index (κ1) is 15.8. The van der Waals surface area contributed by atoms with Gasteiger partial charge in [-0.1, -0.05) is 19.3 Å². The van der Waals surface area contributed by atoms with Gasteiger partial charge in [-0.2, -0.15) is 0 Å². The summed E-state index contributed by atoms with van der Waals surface area (Å²) in [6, 6.07) is 0. The molecule has 2 rings (SSSR count). The molecular weight excluding hydrogens is 274 g/mol. The number of carboxylic acids is 1. The highest BCUT2D eigenvalue weighted by Gasteiger charge is 2.58. The van der Waals surface area contributed by atoms with Gasteiger partial charge in [0.1, 0.15) is 11.5 Å². The third-order valence-corrected chi connectivity index (χ3v) is 4.31. The molecule has 6 nitrogen and oxygen atoms in total. The van der Waals surface area contributed by atoms with Crippen LogP contribution in [0.15, 0.2) is 0 Å². The van der Waals surface area contributed by atoms with E-state index in [9.17, 15) is 19.5 Å². The molecular formula is C15H23NO5. The van der Waals surface area contributed by atoms with Crippen molar-refractivity contribution < 1.29 is 24.2 Å². The highest BCUT2D eigenvalue weighted by atomic mass is 16.6. The van der Waals surface area contributed by atoms with E-state index in [1.165, 1.54) is 0 Å². The lowest BCUT2D eigenvalue weighted by Gasteiger charge is -2.35. The quantitative estimate of drug-likeness (QED) is 0.751. The van der Waals surface area contributed by atoms with Crippen LogP contribution in [0.1, 0.15) is 52.9 Å². The lowest BCUT2D eigenvalue weighted by Crippen LogP contribution is -2.39. The van der Waals surface area contributed by atoms with Gasteiger partial charge < -0.3 is 9.84 Å². The van der Waals surface area contributed by atoms with Gasteiger partial charge >= 0.3 is 12.1 Å². The van der Waals surface area contributed by atoms with Crippen LogP contribution in [-0.2, 0) is 14.3 Å². The Kier molecular flexibility index (Phi) is 4.00. The molecule has 1 aliphatic heterocycles. The first-order chi connectivity index (χ1) is 9.66. The normalized spacial score (nSPS) is 25.2. The van der Waals surface area contributed by atoms with Gasteiger partial charge in [0, 0.05) is 12.0 Å². The van der Waals surface area contributed by atoms with Crippen LogP contribution in [0.5, 0.6) is 0 Å². The molecule has 1 saturated heterocycles. The van der Waals surface area contributed by atoms with E-state index in [1.54, 1.807) is 20.8 Å². The molecule has 1 N–H and O–H groups in total. The molecule has 2 fully saturated rings.